The van der Waals surface area contributed by atoms with Gasteiger partial charge in [-0.1, -0.05) is 12.1 Å². The first-order valence-corrected chi connectivity index (χ1v) is 6.86. The fourth-order valence-electron chi connectivity index (χ4n) is 1.48. The first-order valence-electron chi connectivity index (χ1n) is 5.45. The molecule has 0 saturated heterocycles. The molecule has 0 aliphatic heterocycles. The second-order valence-corrected chi connectivity index (χ2v) is 4.36. The number of benzene rings is 1. The third-order valence-electron chi connectivity index (χ3n) is 2.24. The van der Waals surface area contributed by atoms with Crippen molar-refractivity contribution in [3.8, 4) is 5.75 Å². The van der Waals surface area contributed by atoms with Crippen LogP contribution < -0.4 is 5.32 Å². The van der Waals surface area contributed by atoms with Crippen molar-refractivity contribution in [1.82, 2.24) is 5.32 Å². The van der Waals surface area contributed by atoms with E-state index >= 15 is 0 Å². The third kappa shape index (κ3) is 4.58. The highest BCUT2D eigenvalue weighted by Crippen LogP contribution is 2.11. The Morgan fingerprint density at radius 3 is 2.50 bits per heavy atom. The van der Waals surface area contributed by atoms with Crippen LogP contribution in [-0.4, -0.2) is 32.8 Å². The van der Waals surface area contributed by atoms with Gasteiger partial charge in [0.05, 0.1) is 0 Å². The van der Waals surface area contributed by atoms with Crippen LogP contribution in [0.2, 0.25) is 6.55 Å². The summed E-state index contributed by atoms with van der Waals surface area (Å²) >= 11 is 0. The average Bonchev–Trinajstić information content (AvgIpc) is 2.31. The molecule has 0 bridgehead atoms. The minimum Gasteiger partial charge on any atom is -0.515 e. The van der Waals surface area contributed by atoms with Gasteiger partial charge in [0.25, 0.3) is 0 Å². The first-order chi connectivity index (χ1) is 8.52. The quantitative estimate of drug-likeness (QED) is 0.766. The van der Waals surface area contributed by atoms with Gasteiger partial charge in [0.15, 0.2) is 0 Å². The van der Waals surface area contributed by atoms with E-state index < -0.39 is 12.0 Å². The molecule has 0 aliphatic carbocycles. The number of hydrogen-bond acceptors (Lipinski definition) is 4. The second kappa shape index (κ2) is 6.80. The molecule has 1 atom stereocenters. The molecule has 1 aromatic carbocycles. The molecule has 0 aromatic heterocycles. The summed E-state index contributed by atoms with van der Waals surface area (Å²) < 4.78 is 4.93. The summed E-state index contributed by atoms with van der Waals surface area (Å²) in [6.45, 7) is 3.09. The van der Waals surface area contributed by atoms with Crippen LogP contribution in [0.5, 0.6) is 5.75 Å². The second-order valence-electron chi connectivity index (χ2n) is 3.75. The fourth-order valence-corrected chi connectivity index (χ4v) is 1.82. The van der Waals surface area contributed by atoms with Gasteiger partial charge in [0.2, 0.25) is 5.91 Å². The molecule has 2 radical (unpaired) electrons. The largest absolute Gasteiger partial charge is 0.515 e. The molecule has 0 saturated carbocycles. The standard InChI is InChI=1S/C12H15NO4Si/c1-8(14)13-11(12(16)17-18-2)7-9-3-5-10(15)6-4-9/h3-6,11,15H,7H2,1-2H3,(H,13,14)/t11-/m0/s1. The molecule has 18 heavy (non-hydrogen) atoms. The number of hydrogen-bond donors (Lipinski definition) is 2. The van der Waals surface area contributed by atoms with Gasteiger partial charge in [-0.3, -0.25) is 9.59 Å². The molecule has 1 amide bonds. The van der Waals surface area contributed by atoms with Crippen LogP contribution in [0.3, 0.4) is 0 Å². The van der Waals surface area contributed by atoms with Gasteiger partial charge in [0.1, 0.15) is 11.8 Å². The zero-order valence-corrected chi connectivity index (χ0v) is 11.3. The summed E-state index contributed by atoms with van der Waals surface area (Å²) in [5.41, 5.74) is 0.836. The number of carbonyl (C=O) groups is 2. The van der Waals surface area contributed by atoms with E-state index in [0.717, 1.165) is 5.56 Å². The van der Waals surface area contributed by atoms with Crippen molar-refractivity contribution >= 4 is 21.6 Å². The Hall–Kier alpha value is -1.82. The molecular weight excluding hydrogens is 250 g/mol. The van der Waals surface area contributed by atoms with Gasteiger partial charge in [-0.15, -0.1) is 0 Å². The van der Waals surface area contributed by atoms with E-state index in [1.807, 2.05) is 0 Å². The monoisotopic (exact) mass is 265 g/mol. The fraction of sp³-hybridized carbons (Fsp3) is 0.333. The molecule has 2 N–H and O–H groups in total. The van der Waals surface area contributed by atoms with Crippen LogP contribution in [0.4, 0.5) is 0 Å². The third-order valence-corrected chi connectivity index (χ3v) is 2.65. The Kier molecular flexibility index (Phi) is 5.38. The maximum atomic E-state index is 11.7. The average molecular weight is 265 g/mol. The summed E-state index contributed by atoms with van der Waals surface area (Å²) in [5.74, 6) is -0.568. The molecule has 0 unspecified atom stereocenters. The number of carbonyl (C=O) groups excluding carboxylic acids is 2. The zero-order chi connectivity index (χ0) is 13.5. The summed E-state index contributed by atoms with van der Waals surface area (Å²) in [6, 6.07) is 5.77. The van der Waals surface area contributed by atoms with Crippen molar-refractivity contribution in [3.05, 3.63) is 29.8 Å². The Morgan fingerprint density at radius 2 is 2.00 bits per heavy atom. The van der Waals surface area contributed by atoms with Gasteiger partial charge >= 0.3 is 15.7 Å². The molecule has 0 fully saturated rings. The molecule has 0 heterocycles. The lowest BCUT2D eigenvalue weighted by Gasteiger charge is -2.16. The van der Waals surface area contributed by atoms with Gasteiger partial charge in [-0.25, -0.2) is 0 Å². The van der Waals surface area contributed by atoms with Gasteiger partial charge < -0.3 is 14.8 Å². The van der Waals surface area contributed by atoms with E-state index in [1.54, 1.807) is 18.7 Å². The molecule has 96 valence electrons. The summed E-state index contributed by atoms with van der Waals surface area (Å²) in [5, 5.41) is 11.7. The Balaban J connectivity index is 2.74. The highest BCUT2D eigenvalue weighted by molar-refractivity contribution is 6.28. The molecular formula is C12H15NO4Si. The van der Waals surface area contributed by atoms with Crippen molar-refractivity contribution < 1.29 is 19.1 Å². The van der Waals surface area contributed by atoms with Crippen LogP contribution >= 0.6 is 0 Å². The Morgan fingerprint density at radius 1 is 1.39 bits per heavy atom. The van der Waals surface area contributed by atoms with Crippen LogP contribution in [-0.2, 0) is 20.4 Å². The molecule has 0 spiro atoms. The van der Waals surface area contributed by atoms with Crippen LogP contribution in [0, 0.1) is 0 Å². The lowest BCUT2D eigenvalue weighted by atomic mass is 10.1. The van der Waals surface area contributed by atoms with Gasteiger partial charge in [-0.2, -0.15) is 0 Å². The Labute approximate surface area is 108 Å². The van der Waals surface area contributed by atoms with Crippen molar-refractivity contribution in [1.29, 1.82) is 0 Å². The van der Waals surface area contributed by atoms with Crippen molar-refractivity contribution in [2.24, 2.45) is 0 Å². The van der Waals surface area contributed by atoms with E-state index in [-0.39, 0.29) is 21.4 Å². The van der Waals surface area contributed by atoms with E-state index in [9.17, 15) is 9.59 Å². The molecule has 1 rings (SSSR count). The molecule has 1 aromatic rings. The minimum atomic E-state index is -0.695. The topological polar surface area (TPSA) is 75.6 Å². The highest BCUT2D eigenvalue weighted by atomic mass is 28.2. The van der Waals surface area contributed by atoms with E-state index in [4.69, 9.17) is 9.53 Å². The number of aromatic hydroxyl groups is 1. The maximum Gasteiger partial charge on any atom is 0.315 e. The van der Waals surface area contributed by atoms with Gasteiger partial charge in [-0.05, 0) is 24.2 Å². The van der Waals surface area contributed by atoms with Crippen molar-refractivity contribution in [2.75, 3.05) is 0 Å². The summed E-state index contributed by atoms with van der Waals surface area (Å²) in [7, 11) is 0.0454. The lowest BCUT2D eigenvalue weighted by Crippen LogP contribution is -2.42. The van der Waals surface area contributed by atoms with Crippen LogP contribution in [0.1, 0.15) is 12.5 Å². The van der Waals surface area contributed by atoms with E-state index in [1.165, 1.54) is 19.1 Å². The van der Waals surface area contributed by atoms with E-state index in [0.29, 0.717) is 6.42 Å². The maximum absolute atomic E-state index is 11.7. The van der Waals surface area contributed by atoms with Crippen molar-refractivity contribution in [2.45, 2.75) is 25.9 Å². The molecule has 0 aliphatic rings. The van der Waals surface area contributed by atoms with Crippen LogP contribution in [0.15, 0.2) is 24.3 Å². The molecule has 5 nitrogen and oxygen atoms in total. The van der Waals surface area contributed by atoms with E-state index in [2.05, 4.69) is 5.32 Å². The number of amides is 1. The minimum absolute atomic E-state index is 0.0454. The lowest BCUT2D eigenvalue weighted by molar-refractivity contribution is -0.139. The zero-order valence-electron chi connectivity index (χ0n) is 10.3. The number of phenols is 1. The first kappa shape index (κ1) is 14.2. The summed E-state index contributed by atoms with van der Waals surface area (Å²) in [6.07, 6.45) is 0.336. The SMILES string of the molecule is C[Si]OC(=O)[C@H](Cc1ccc(O)cc1)NC(C)=O. The molecule has 6 heteroatoms. The predicted octanol–water partition coefficient (Wildman–Crippen LogP) is 0.650. The van der Waals surface area contributed by atoms with Crippen molar-refractivity contribution in [3.63, 3.8) is 0 Å². The summed E-state index contributed by atoms with van der Waals surface area (Å²) in [4.78, 5) is 22.7. The smallest absolute Gasteiger partial charge is 0.315 e. The predicted molar refractivity (Wildman–Crippen MR) is 67.1 cm³/mol. The number of phenolic OH excluding ortho intramolecular Hbond substituents is 1. The van der Waals surface area contributed by atoms with Crippen LogP contribution in [0.25, 0.3) is 0 Å². The number of nitrogens with one attached hydrogen (secondary N) is 1. The normalized spacial score (nSPS) is 11.7. The highest BCUT2D eigenvalue weighted by Gasteiger charge is 2.20. The van der Waals surface area contributed by atoms with Gasteiger partial charge in [0, 0.05) is 13.3 Å². The Bertz CT molecular complexity index is 419. The number of rotatable bonds is 5.